The number of hydrazone groups is 1. The summed E-state index contributed by atoms with van der Waals surface area (Å²) >= 11 is 0. The van der Waals surface area contributed by atoms with E-state index in [4.69, 9.17) is 0 Å². The molecule has 1 fully saturated rings. The largest absolute Gasteiger partial charge is 0.360 e. The molecule has 2 aromatic carbocycles. The van der Waals surface area contributed by atoms with Gasteiger partial charge in [-0.15, -0.1) is 0 Å². The lowest BCUT2D eigenvalue weighted by molar-refractivity contribution is -0.120. The highest BCUT2D eigenvalue weighted by atomic mass is 16.2. The van der Waals surface area contributed by atoms with Crippen molar-refractivity contribution in [1.82, 2.24) is 10.4 Å². The Morgan fingerprint density at radius 3 is 2.50 bits per heavy atom. The van der Waals surface area contributed by atoms with Crippen LogP contribution in [0.2, 0.25) is 0 Å². The third-order valence-electron chi connectivity index (χ3n) is 5.71. The zero-order valence-electron chi connectivity index (χ0n) is 17.1. The average Bonchev–Trinajstić information content (AvgIpc) is 3.22. The van der Waals surface area contributed by atoms with Crippen molar-refractivity contribution < 1.29 is 9.59 Å². The molecule has 1 saturated carbocycles. The molecule has 2 amide bonds. The smallest absolute Gasteiger partial charge is 0.273 e. The predicted molar refractivity (Wildman–Crippen MR) is 120 cm³/mol. The fraction of sp³-hybridized carbons (Fsp3) is 0.292. The van der Waals surface area contributed by atoms with Gasteiger partial charge in [0.15, 0.2) is 0 Å². The Kier molecular flexibility index (Phi) is 5.93. The Labute approximate surface area is 175 Å². The number of anilines is 1. The standard InChI is InChI=1S/C24H26N4O2/c1-16(27-28-24(30)21-15-25-22-10-6-5-9-20(21)22)17-11-13-19(14-12-17)26-23(29)18-7-3-2-4-8-18/h5-6,9-15,18,25H,2-4,7-8H2,1H3,(H,26,29)(H,28,30). The molecule has 30 heavy (non-hydrogen) atoms. The number of amides is 2. The monoisotopic (exact) mass is 402 g/mol. The number of fused-ring (bicyclic) bond motifs is 1. The van der Waals surface area contributed by atoms with E-state index in [2.05, 4.69) is 20.8 Å². The summed E-state index contributed by atoms with van der Waals surface area (Å²) in [4.78, 5) is 28.0. The first kappa shape index (κ1) is 19.9. The van der Waals surface area contributed by atoms with Crippen molar-refractivity contribution in [2.24, 2.45) is 11.0 Å². The maximum absolute atomic E-state index is 12.5. The normalized spacial score (nSPS) is 15.2. The number of benzene rings is 2. The molecule has 0 saturated heterocycles. The van der Waals surface area contributed by atoms with Crippen LogP contribution in [-0.2, 0) is 4.79 Å². The van der Waals surface area contributed by atoms with Gasteiger partial charge >= 0.3 is 0 Å². The molecule has 4 rings (SSSR count). The number of rotatable bonds is 5. The summed E-state index contributed by atoms with van der Waals surface area (Å²) in [5.41, 5.74) is 6.44. The van der Waals surface area contributed by atoms with Crippen LogP contribution in [-0.4, -0.2) is 22.5 Å². The van der Waals surface area contributed by atoms with Crippen LogP contribution in [0.4, 0.5) is 5.69 Å². The number of carbonyl (C=O) groups excluding carboxylic acids is 2. The van der Waals surface area contributed by atoms with Crippen LogP contribution in [0.15, 0.2) is 59.8 Å². The quantitative estimate of drug-likeness (QED) is 0.421. The first-order valence-electron chi connectivity index (χ1n) is 10.4. The Morgan fingerprint density at radius 1 is 1.00 bits per heavy atom. The number of hydrogen-bond donors (Lipinski definition) is 3. The number of carbonyl (C=O) groups is 2. The highest BCUT2D eigenvalue weighted by Crippen LogP contribution is 2.25. The first-order chi connectivity index (χ1) is 14.6. The van der Waals surface area contributed by atoms with Crippen LogP contribution >= 0.6 is 0 Å². The maximum atomic E-state index is 12.5. The SMILES string of the molecule is CC(=NNC(=O)c1c[nH]c2ccccc12)c1ccc(NC(=O)C2CCCCC2)cc1. The molecule has 6 heteroatoms. The van der Waals surface area contributed by atoms with Crippen LogP contribution in [0.1, 0.15) is 54.9 Å². The van der Waals surface area contributed by atoms with Gasteiger partial charge in [0.05, 0.1) is 11.3 Å². The van der Waals surface area contributed by atoms with E-state index in [-0.39, 0.29) is 17.7 Å². The lowest BCUT2D eigenvalue weighted by Crippen LogP contribution is -2.24. The molecule has 154 valence electrons. The Morgan fingerprint density at radius 2 is 1.73 bits per heavy atom. The van der Waals surface area contributed by atoms with E-state index in [9.17, 15) is 9.59 Å². The summed E-state index contributed by atoms with van der Waals surface area (Å²) in [6.45, 7) is 1.84. The number of para-hydroxylation sites is 1. The van der Waals surface area contributed by atoms with Crippen LogP contribution < -0.4 is 10.7 Å². The molecule has 6 nitrogen and oxygen atoms in total. The van der Waals surface area contributed by atoms with Gasteiger partial charge < -0.3 is 10.3 Å². The molecule has 1 aliphatic carbocycles. The lowest BCUT2D eigenvalue weighted by atomic mass is 9.88. The molecule has 3 aromatic rings. The minimum absolute atomic E-state index is 0.110. The molecule has 1 aliphatic rings. The highest BCUT2D eigenvalue weighted by molar-refractivity contribution is 6.07. The molecular weight excluding hydrogens is 376 g/mol. The number of H-pyrrole nitrogens is 1. The Bertz CT molecular complexity index is 1080. The number of aromatic nitrogens is 1. The van der Waals surface area contributed by atoms with E-state index in [1.54, 1.807) is 6.20 Å². The fourth-order valence-electron chi connectivity index (χ4n) is 3.92. The number of nitrogens with one attached hydrogen (secondary N) is 3. The van der Waals surface area contributed by atoms with E-state index in [0.29, 0.717) is 11.3 Å². The van der Waals surface area contributed by atoms with Crippen molar-refractivity contribution in [3.8, 4) is 0 Å². The van der Waals surface area contributed by atoms with Crippen molar-refractivity contribution in [3.63, 3.8) is 0 Å². The summed E-state index contributed by atoms with van der Waals surface area (Å²) in [6, 6.07) is 15.2. The van der Waals surface area contributed by atoms with E-state index in [1.165, 1.54) is 6.42 Å². The minimum atomic E-state index is -0.261. The van der Waals surface area contributed by atoms with Gasteiger partial charge in [-0.3, -0.25) is 9.59 Å². The second-order valence-electron chi connectivity index (χ2n) is 7.79. The summed E-state index contributed by atoms with van der Waals surface area (Å²) < 4.78 is 0. The predicted octanol–water partition coefficient (Wildman–Crippen LogP) is 4.84. The second kappa shape index (κ2) is 8.95. The van der Waals surface area contributed by atoms with Crippen LogP contribution in [0.5, 0.6) is 0 Å². The summed E-state index contributed by atoms with van der Waals surface area (Å²) in [7, 11) is 0. The van der Waals surface area contributed by atoms with Gasteiger partial charge in [0.2, 0.25) is 5.91 Å². The molecular formula is C24H26N4O2. The van der Waals surface area contributed by atoms with Crippen molar-refractivity contribution in [3.05, 3.63) is 65.9 Å². The van der Waals surface area contributed by atoms with E-state index in [0.717, 1.165) is 47.8 Å². The Balaban J connectivity index is 1.38. The number of hydrogen-bond acceptors (Lipinski definition) is 3. The topological polar surface area (TPSA) is 86.3 Å². The molecule has 0 spiro atoms. The molecule has 0 atom stereocenters. The first-order valence-corrected chi connectivity index (χ1v) is 10.4. The zero-order chi connectivity index (χ0) is 20.9. The maximum Gasteiger partial charge on any atom is 0.273 e. The minimum Gasteiger partial charge on any atom is -0.360 e. The van der Waals surface area contributed by atoms with Crippen LogP contribution in [0.25, 0.3) is 10.9 Å². The highest BCUT2D eigenvalue weighted by Gasteiger charge is 2.21. The molecule has 0 aliphatic heterocycles. The molecule has 1 aromatic heterocycles. The number of aromatic amines is 1. The second-order valence-corrected chi connectivity index (χ2v) is 7.79. The molecule has 1 heterocycles. The zero-order valence-corrected chi connectivity index (χ0v) is 17.1. The molecule has 3 N–H and O–H groups in total. The Hall–Kier alpha value is -3.41. The van der Waals surface area contributed by atoms with Crippen molar-refractivity contribution >= 4 is 34.1 Å². The van der Waals surface area contributed by atoms with Crippen molar-refractivity contribution in [2.45, 2.75) is 39.0 Å². The van der Waals surface area contributed by atoms with Gasteiger partial charge in [-0.25, -0.2) is 5.43 Å². The van der Waals surface area contributed by atoms with Crippen LogP contribution in [0.3, 0.4) is 0 Å². The van der Waals surface area contributed by atoms with Gasteiger partial charge in [-0.1, -0.05) is 49.6 Å². The van der Waals surface area contributed by atoms with Gasteiger partial charge in [0.25, 0.3) is 5.91 Å². The molecule has 0 radical (unpaired) electrons. The summed E-state index contributed by atoms with van der Waals surface area (Å²) in [5, 5.41) is 8.11. The lowest BCUT2D eigenvalue weighted by Gasteiger charge is -2.20. The summed E-state index contributed by atoms with van der Waals surface area (Å²) in [6.07, 6.45) is 7.15. The number of nitrogens with zero attached hydrogens (tertiary/aromatic N) is 1. The van der Waals surface area contributed by atoms with E-state index >= 15 is 0 Å². The summed E-state index contributed by atoms with van der Waals surface area (Å²) in [5.74, 6) is -0.0246. The average molecular weight is 402 g/mol. The van der Waals surface area contributed by atoms with Crippen molar-refractivity contribution in [2.75, 3.05) is 5.32 Å². The van der Waals surface area contributed by atoms with Gasteiger partial charge in [0, 0.05) is 28.7 Å². The van der Waals surface area contributed by atoms with Gasteiger partial charge in [-0.05, 0) is 43.5 Å². The van der Waals surface area contributed by atoms with E-state index in [1.807, 2.05) is 55.5 Å². The van der Waals surface area contributed by atoms with Crippen LogP contribution in [0, 0.1) is 5.92 Å². The fourth-order valence-corrected chi connectivity index (χ4v) is 3.92. The van der Waals surface area contributed by atoms with E-state index < -0.39 is 0 Å². The third-order valence-corrected chi connectivity index (χ3v) is 5.71. The third kappa shape index (κ3) is 4.43. The van der Waals surface area contributed by atoms with Gasteiger partial charge in [-0.2, -0.15) is 5.10 Å². The van der Waals surface area contributed by atoms with Crippen molar-refractivity contribution in [1.29, 1.82) is 0 Å². The van der Waals surface area contributed by atoms with Gasteiger partial charge in [0.1, 0.15) is 0 Å². The molecule has 0 bridgehead atoms. The molecule has 0 unspecified atom stereocenters.